The van der Waals surface area contributed by atoms with Crippen LogP contribution in [0.4, 0.5) is 87.8 Å². The summed E-state index contributed by atoms with van der Waals surface area (Å²) in [5, 5.41) is 0. The van der Waals surface area contributed by atoms with Gasteiger partial charge in [0, 0.05) is 5.56 Å². The van der Waals surface area contributed by atoms with Crippen molar-refractivity contribution >= 4 is 40.1 Å². The number of aldehydes is 1. The number of ketones is 1. The van der Waals surface area contributed by atoms with E-state index in [0.29, 0.717) is 17.5 Å². The minimum absolute atomic E-state index is 0.00125. The van der Waals surface area contributed by atoms with Crippen LogP contribution in [0.1, 0.15) is 20.8 Å². The molecule has 6 rings (SSSR count). The number of carbonyl (C=O) groups excluding carboxylic acids is 2. The predicted molar refractivity (Wildman–Crippen MR) is 170 cm³/mol. The lowest BCUT2D eigenvalue weighted by atomic mass is 9.12. The van der Waals surface area contributed by atoms with Crippen LogP contribution in [0.2, 0.25) is 0 Å². The van der Waals surface area contributed by atoms with E-state index >= 15 is 35.1 Å². The maximum absolute atomic E-state index is 15.4. The fraction of sp³-hybridized carbons (Fsp3) is 0.0270. The van der Waals surface area contributed by atoms with E-state index in [1.807, 2.05) is 18.2 Å². The van der Waals surface area contributed by atoms with E-state index in [4.69, 9.17) is 0 Å². The molecular formula is C37H11BF20N2O2. The number of aromatic nitrogens is 2. The van der Waals surface area contributed by atoms with Crippen LogP contribution in [-0.4, -0.2) is 23.2 Å². The summed E-state index contributed by atoms with van der Waals surface area (Å²) in [7, 11) is 0. The molecule has 0 N–H and O–H groups in total. The zero-order valence-electron chi connectivity index (χ0n) is 29.3. The lowest BCUT2D eigenvalue weighted by Gasteiger charge is -2.44. The minimum atomic E-state index is -7.22. The molecule has 0 aliphatic heterocycles. The van der Waals surface area contributed by atoms with Gasteiger partial charge in [0.25, 0.3) is 0 Å². The molecule has 0 bridgehead atoms. The molecule has 6 aromatic rings. The van der Waals surface area contributed by atoms with E-state index in [-0.39, 0.29) is 12.3 Å². The number of benzene rings is 5. The summed E-state index contributed by atoms with van der Waals surface area (Å²) in [6.07, 6.45) is -1.85. The third kappa shape index (κ3) is 7.27. The highest BCUT2D eigenvalue weighted by Gasteiger charge is 2.52. The maximum Gasteiger partial charge on any atom is 0.227 e. The normalized spacial score (nSPS) is 11.4. The van der Waals surface area contributed by atoms with Gasteiger partial charge in [0.1, 0.15) is 52.7 Å². The lowest BCUT2D eigenvalue weighted by Crippen LogP contribution is -2.81. The van der Waals surface area contributed by atoms with E-state index in [2.05, 4.69) is 4.98 Å². The van der Waals surface area contributed by atoms with Crippen molar-refractivity contribution in [3.05, 3.63) is 177 Å². The molecule has 1 heterocycles. The molecule has 0 aliphatic carbocycles. The number of nitrogens with zero attached hydrogens (tertiary/aromatic N) is 2. The molecule has 0 aliphatic rings. The monoisotopic (exact) mass is 906 g/mol. The number of hydrogen-bond donors (Lipinski definition) is 0. The highest BCUT2D eigenvalue weighted by Crippen LogP contribution is 2.30. The van der Waals surface area contributed by atoms with Crippen LogP contribution in [0, 0.1) is 116 Å². The largest absolute Gasteiger partial charge is 0.296 e. The van der Waals surface area contributed by atoms with E-state index in [0.717, 1.165) is 0 Å². The van der Waals surface area contributed by atoms with Crippen molar-refractivity contribution in [1.29, 1.82) is 0 Å². The van der Waals surface area contributed by atoms with Crippen molar-refractivity contribution in [3.63, 3.8) is 0 Å². The summed E-state index contributed by atoms with van der Waals surface area (Å²) in [5.41, 5.74) is -13.4. The SMILES string of the molecule is Fc1c(F)c(F)c([B-](c2c(F)c(F)c(F)c(F)c2F)(c2c(F)c(F)c(F)c(F)c2F)c2c(F)c(F)c(F)c(F)c2F)c(F)c1F.O=Cc1c[n+](CC(=O)c2ccccc2)ccn1. The van der Waals surface area contributed by atoms with E-state index < -0.39 is 144 Å². The van der Waals surface area contributed by atoms with Crippen molar-refractivity contribution in [2.45, 2.75) is 6.54 Å². The van der Waals surface area contributed by atoms with Gasteiger partial charge < -0.3 is 0 Å². The predicted octanol–water partition coefficient (Wildman–Crippen LogP) is 6.91. The van der Waals surface area contributed by atoms with Gasteiger partial charge in [-0.1, -0.05) is 30.3 Å². The summed E-state index contributed by atoms with van der Waals surface area (Å²) >= 11 is 0. The first kappa shape index (κ1) is 46.3. The zero-order chi connectivity index (χ0) is 46.4. The molecule has 0 saturated heterocycles. The summed E-state index contributed by atoms with van der Waals surface area (Å²) in [5.74, 6) is -71.4. The Kier molecular flexibility index (Phi) is 12.9. The van der Waals surface area contributed by atoms with Gasteiger partial charge in [-0.2, -0.15) is 4.57 Å². The molecule has 5 aromatic carbocycles. The van der Waals surface area contributed by atoms with Crippen LogP contribution in [0.15, 0.2) is 48.9 Å². The van der Waals surface area contributed by atoms with Gasteiger partial charge in [0.15, 0.2) is 94.2 Å². The smallest absolute Gasteiger partial charge is 0.227 e. The Hall–Kier alpha value is -6.82. The fourth-order valence-electron chi connectivity index (χ4n) is 6.37. The third-order valence-corrected chi connectivity index (χ3v) is 9.03. The van der Waals surface area contributed by atoms with Crippen LogP contribution < -0.4 is 26.4 Å². The molecule has 0 atom stereocenters. The highest BCUT2D eigenvalue weighted by atomic mass is 19.2. The number of hydrogen-bond acceptors (Lipinski definition) is 3. The van der Waals surface area contributed by atoms with Gasteiger partial charge in [0.2, 0.25) is 12.3 Å². The molecule has 4 nitrogen and oxygen atoms in total. The Morgan fingerprint density at radius 3 is 1.00 bits per heavy atom. The lowest BCUT2D eigenvalue weighted by molar-refractivity contribution is -0.683. The Morgan fingerprint density at radius 1 is 0.452 bits per heavy atom. The first-order valence-corrected chi connectivity index (χ1v) is 16.1. The molecule has 0 fully saturated rings. The molecule has 0 unspecified atom stereocenters. The maximum atomic E-state index is 15.4. The van der Waals surface area contributed by atoms with Gasteiger partial charge in [0.05, 0.1) is 6.20 Å². The van der Waals surface area contributed by atoms with Crippen LogP contribution in [0.25, 0.3) is 0 Å². The van der Waals surface area contributed by atoms with Crippen molar-refractivity contribution in [1.82, 2.24) is 4.98 Å². The summed E-state index contributed by atoms with van der Waals surface area (Å²) in [6, 6.07) is 9.04. The van der Waals surface area contributed by atoms with Crippen molar-refractivity contribution < 1.29 is 102 Å². The number of halogens is 20. The average Bonchev–Trinajstić information content (AvgIpc) is 3.26. The highest BCUT2D eigenvalue weighted by molar-refractivity contribution is 7.20. The second-order valence-corrected chi connectivity index (χ2v) is 12.4. The molecular weight excluding hydrogens is 895 g/mol. The molecule has 0 amide bonds. The quantitative estimate of drug-likeness (QED) is 0.0318. The van der Waals surface area contributed by atoms with E-state index in [1.165, 1.54) is 6.20 Å². The molecule has 1 aromatic heterocycles. The summed E-state index contributed by atoms with van der Waals surface area (Å²) < 4.78 is 296. The molecule has 0 radical (unpaired) electrons. The Labute approximate surface area is 330 Å². The minimum Gasteiger partial charge on any atom is -0.296 e. The summed E-state index contributed by atoms with van der Waals surface area (Å²) in [6.45, 7) is 0.202. The number of rotatable bonds is 8. The molecule has 25 heteroatoms. The first-order valence-electron chi connectivity index (χ1n) is 16.1. The average molecular weight is 906 g/mol. The van der Waals surface area contributed by atoms with Gasteiger partial charge >= 0.3 is 0 Å². The van der Waals surface area contributed by atoms with Gasteiger partial charge in [-0.25, -0.2) is 92.8 Å². The summed E-state index contributed by atoms with van der Waals surface area (Å²) in [4.78, 5) is 26.3. The second kappa shape index (κ2) is 17.3. The van der Waals surface area contributed by atoms with Crippen LogP contribution >= 0.6 is 0 Å². The molecule has 0 saturated carbocycles. The standard InChI is InChI=1S/C24BF20.C13H11N2O2/c26-5-1(6(27)14(35)21(42)13(5)34)25(2-7(28)15(36)22(43)16(37)8(2)29,3-9(30)17(38)23(44)18(39)10(3)31)4-11(32)19(40)24(45)20(41)12(4)33;16-10-12-8-15(7-6-14-12)9-13(17)11-4-2-1-3-5-11/h;1-8,10H,9H2/q-1;+1. The van der Waals surface area contributed by atoms with Crippen LogP contribution in [-0.2, 0) is 6.54 Å². The Balaban J connectivity index is 0.000000355. The van der Waals surface area contributed by atoms with Gasteiger partial charge in [-0.3, -0.25) is 9.59 Å². The Morgan fingerprint density at radius 2 is 0.726 bits per heavy atom. The van der Waals surface area contributed by atoms with Gasteiger partial charge in [-0.05, 0) is 0 Å². The second-order valence-electron chi connectivity index (χ2n) is 12.4. The van der Waals surface area contributed by atoms with Gasteiger partial charge in [-0.15, -0.1) is 21.9 Å². The molecule has 62 heavy (non-hydrogen) atoms. The van der Waals surface area contributed by atoms with Crippen molar-refractivity contribution in [3.8, 4) is 0 Å². The van der Waals surface area contributed by atoms with Crippen molar-refractivity contribution in [2.75, 3.05) is 0 Å². The molecule has 0 spiro atoms. The van der Waals surface area contributed by atoms with Crippen LogP contribution in [0.3, 0.4) is 0 Å². The van der Waals surface area contributed by atoms with E-state index in [9.17, 15) is 62.3 Å². The zero-order valence-corrected chi connectivity index (χ0v) is 29.3. The fourth-order valence-corrected chi connectivity index (χ4v) is 6.37. The van der Waals surface area contributed by atoms with Crippen LogP contribution in [0.5, 0.6) is 0 Å². The Bertz CT molecular complexity index is 2440. The van der Waals surface area contributed by atoms with E-state index in [1.54, 1.807) is 29.1 Å². The van der Waals surface area contributed by atoms with Crippen molar-refractivity contribution in [2.24, 2.45) is 0 Å². The first-order chi connectivity index (χ1) is 29.0. The number of Topliss-reactive ketones (excluding diaryl/α,β-unsaturated/α-hetero) is 1. The molecule has 324 valence electrons. The number of carbonyl (C=O) groups is 2. The topological polar surface area (TPSA) is 50.9 Å². The third-order valence-electron chi connectivity index (χ3n) is 9.03.